The summed E-state index contributed by atoms with van der Waals surface area (Å²) in [6.45, 7) is 3.66. The number of rotatable bonds is 5. The maximum atomic E-state index is 13.4. The molecule has 4 aromatic rings. The van der Waals surface area contributed by atoms with Crippen molar-refractivity contribution in [2.45, 2.75) is 26.3 Å². The molecule has 1 aromatic carbocycles. The number of nitrogen functional groups attached to an aromatic ring is 1. The van der Waals surface area contributed by atoms with Crippen LogP contribution >= 0.6 is 0 Å². The van der Waals surface area contributed by atoms with Crippen molar-refractivity contribution in [2.24, 2.45) is 7.05 Å². The van der Waals surface area contributed by atoms with Crippen LogP contribution in [0.15, 0.2) is 36.7 Å². The third-order valence-electron chi connectivity index (χ3n) is 5.03. The highest BCUT2D eigenvalue weighted by Crippen LogP contribution is 2.22. The van der Waals surface area contributed by atoms with Gasteiger partial charge in [0.2, 0.25) is 11.9 Å². The first-order valence-electron chi connectivity index (χ1n) is 9.34. The maximum absolute atomic E-state index is 13.4. The van der Waals surface area contributed by atoms with Crippen LogP contribution in [0.1, 0.15) is 34.4 Å². The van der Waals surface area contributed by atoms with E-state index in [0.717, 1.165) is 16.8 Å². The molecule has 0 spiro atoms. The van der Waals surface area contributed by atoms with Crippen molar-refractivity contribution in [1.29, 1.82) is 0 Å². The minimum absolute atomic E-state index is 0.0858. The van der Waals surface area contributed by atoms with Crippen LogP contribution in [0.5, 0.6) is 0 Å². The molecule has 4 rings (SSSR count). The van der Waals surface area contributed by atoms with Gasteiger partial charge in [0.25, 0.3) is 5.78 Å². The Hall–Kier alpha value is -3.82. The van der Waals surface area contributed by atoms with Crippen molar-refractivity contribution in [3.8, 4) is 0 Å². The Morgan fingerprint density at radius 1 is 1.23 bits per heavy atom. The molecule has 30 heavy (non-hydrogen) atoms. The van der Waals surface area contributed by atoms with E-state index in [1.165, 1.54) is 16.6 Å². The van der Waals surface area contributed by atoms with Crippen LogP contribution in [0.25, 0.3) is 5.78 Å². The fourth-order valence-corrected chi connectivity index (χ4v) is 3.46. The van der Waals surface area contributed by atoms with E-state index in [1.807, 2.05) is 25.5 Å². The maximum Gasteiger partial charge on any atom is 0.254 e. The van der Waals surface area contributed by atoms with Gasteiger partial charge in [-0.25, -0.2) is 14.4 Å². The minimum atomic E-state index is -0.530. The first kappa shape index (κ1) is 19.5. The van der Waals surface area contributed by atoms with Gasteiger partial charge >= 0.3 is 0 Å². The number of amides is 1. The molecule has 0 saturated carbocycles. The number of benzene rings is 1. The van der Waals surface area contributed by atoms with E-state index in [-0.39, 0.29) is 24.1 Å². The van der Waals surface area contributed by atoms with Gasteiger partial charge in [-0.2, -0.15) is 9.50 Å². The number of carbonyl (C=O) groups excluding carboxylic acids is 1. The van der Waals surface area contributed by atoms with Gasteiger partial charge in [-0.15, -0.1) is 5.10 Å². The summed E-state index contributed by atoms with van der Waals surface area (Å²) in [4.78, 5) is 25.8. The Morgan fingerprint density at radius 2 is 1.97 bits per heavy atom. The van der Waals surface area contributed by atoms with Crippen molar-refractivity contribution in [3.63, 3.8) is 0 Å². The van der Waals surface area contributed by atoms with Gasteiger partial charge < -0.3 is 15.6 Å². The average Bonchev–Trinajstić information content (AvgIpc) is 3.29. The van der Waals surface area contributed by atoms with Crippen LogP contribution in [0.2, 0.25) is 0 Å². The smallest absolute Gasteiger partial charge is 0.254 e. The van der Waals surface area contributed by atoms with Crippen molar-refractivity contribution >= 4 is 17.6 Å². The summed E-state index contributed by atoms with van der Waals surface area (Å²) in [6.07, 6.45) is 3.53. The number of aryl methyl sites for hydroxylation is 3. The number of nitrogens with two attached hydrogens (primary N) is 1. The second-order valence-electron chi connectivity index (χ2n) is 7.07. The zero-order chi connectivity index (χ0) is 21.4. The van der Waals surface area contributed by atoms with E-state index in [2.05, 4.69) is 25.4 Å². The molecule has 10 heteroatoms. The van der Waals surface area contributed by atoms with Gasteiger partial charge in [-0.1, -0.05) is 12.1 Å². The molecule has 3 N–H and O–H groups in total. The molecule has 1 amide bonds. The number of anilines is 1. The van der Waals surface area contributed by atoms with Crippen LogP contribution in [0, 0.1) is 19.7 Å². The number of hydrogen-bond acceptors (Lipinski definition) is 6. The molecule has 1 atom stereocenters. The SMILES string of the molecule is Cc1nc2nc(N)nn2c(C)c1CC(=O)N[C@@H](c1ccc(F)cc1)c1nccn1C. The second-order valence-corrected chi connectivity index (χ2v) is 7.07. The lowest BCUT2D eigenvalue weighted by atomic mass is 10.0. The minimum Gasteiger partial charge on any atom is -0.366 e. The van der Waals surface area contributed by atoms with E-state index < -0.39 is 6.04 Å². The van der Waals surface area contributed by atoms with Crippen molar-refractivity contribution in [1.82, 2.24) is 34.4 Å². The average molecular weight is 408 g/mol. The molecule has 0 aliphatic carbocycles. The molecule has 0 aliphatic rings. The number of nitrogens with zero attached hydrogens (tertiary/aromatic N) is 6. The fourth-order valence-electron chi connectivity index (χ4n) is 3.46. The number of hydrogen-bond donors (Lipinski definition) is 2. The topological polar surface area (TPSA) is 116 Å². The molecule has 0 fully saturated rings. The lowest BCUT2D eigenvalue weighted by Gasteiger charge is -2.20. The molecule has 3 aromatic heterocycles. The summed E-state index contributed by atoms with van der Waals surface area (Å²) in [5.74, 6) is 0.580. The predicted molar refractivity (Wildman–Crippen MR) is 108 cm³/mol. The number of imidazole rings is 1. The fraction of sp³-hybridized carbons (Fsp3) is 0.250. The Labute approximate surface area is 171 Å². The van der Waals surface area contributed by atoms with E-state index >= 15 is 0 Å². The number of carbonyl (C=O) groups is 1. The summed E-state index contributed by atoms with van der Waals surface area (Å²) in [5, 5.41) is 7.14. The third-order valence-corrected chi connectivity index (χ3v) is 5.03. The summed E-state index contributed by atoms with van der Waals surface area (Å²) in [7, 11) is 1.84. The lowest BCUT2D eigenvalue weighted by Crippen LogP contribution is -2.32. The summed E-state index contributed by atoms with van der Waals surface area (Å²) >= 11 is 0. The molecular weight excluding hydrogens is 387 g/mol. The molecule has 0 saturated heterocycles. The van der Waals surface area contributed by atoms with E-state index in [9.17, 15) is 9.18 Å². The monoisotopic (exact) mass is 408 g/mol. The third kappa shape index (κ3) is 3.59. The van der Waals surface area contributed by atoms with Crippen LogP contribution in [-0.2, 0) is 18.3 Å². The van der Waals surface area contributed by atoms with Crippen LogP contribution in [-0.4, -0.2) is 35.0 Å². The van der Waals surface area contributed by atoms with Crippen molar-refractivity contribution in [2.75, 3.05) is 5.73 Å². The van der Waals surface area contributed by atoms with Gasteiger partial charge in [0, 0.05) is 36.4 Å². The van der Waals surface area contributed by atoms with Gasteiger partial charge in [0.1, 0.15) is 17.7 Å². The summed E-state index contributed by atoms with van der Waals surface area (Å²) in [6, 6.07) is 5.46. The first-order valence-corrected chi connectivity index (χ1v) is 9.34. The number of halogens is 1. The summed E-state index contributed by atoms with van der Waals surface area (Å²) in [5.41, 5.74) is 8.56. The lowest BCUT2D eigenvalue weighted by molar-refractivity contribution is -0.121. The second kappa shape index (κ2) is 7.54. The normalized spacial score (nSPS) is 12.3. The zero-order valence-corrected chi connectivity index (χ0v) is 16.8. The van der Waals surface area contributed by atoms with Crippen molar-refractivity contribution < 1.29 is 9.18 Å². The number of aromatic nitrogens is 6. The Balaban J connectivity index is 1.64. The van der Waals surface area contributed by atoms with E-state index in [4.69, 9.17) is 5.73 Å². The highest BCUT2D eigenvalue weighted by Gasteiger charge is 2.22. The Morgan fingerprint density at radius 3 is 2.63 bits per heavy atom. The van der Waals surface area contributed by atoms with E-state index in [1.54, 1.807) is 24.5 Å². The highest BCUT2D eigenvalue weighted by atomic mass is 19.1. The van der Waals surface area contributed by atoms with Gasteiger partial charge in [-0.05, 0) is 31.5 Å². The van der Waals surface area contributed by atoms with Crippen LogP contribution in [0.3, 0.4) is 0 Å². The predicted octanol–water partition coefficient (Wildman–Crippen LogP) is 1.64. The van der Waals surface area contributed by atoms with Crippen molar-refractivity contribution in [3.05, 3.63) is 70.8 Å². The quantitative estimate of drug-likeness (QED) is 0.519. The zero-order valence-electron chi connectivity index (χ0n) is 16.8. The molecule has 154 valence electrons. The first-order chi connectivity index (χ1) is 14.3. The molecule has 0 bridgehead atoms. The Kier molecular flexibility index (Phi) is 4.90. The van der Waals surface area contributed by atoms with Gasteiger partial charge in [-0.3, -0.25) is 4.79 Å². The molecule has 9 nitrogen and oxygen atoms in total. The molecule has 3 heterocycles. The molecule has 0 radical (unpaired) electrons. The van der Waals surface area contributed by atoms with Gasteiger partial charge in [0.15, 0.2) is 0 Å². The molecule has 0 unspecified atom stereocenters. The summed E-state index contributed by atoms with van der Waals surface area (Å²) < 4.78 is 16.7. The molecular formula is C20H21FN8O. The Bertz CT molecular complexity index is 1230. The van der Waals surface area contributed by atoms with Gasteiger partial charge in [0.05, 0.1) is 6.42 Å². The largest absolute Gasteiger partial charge is 0.366 e. The number of fused-ring (bicyclic) bond motifs is 1. The molecule has 0 aliphatic heterocycles. The number of nitrogens with one attached hydrogen (secondary N) is 1. The van der Waals surface area contributed by atoms with Crippen LogP contribution < -0.4 is 11.1 Å². The standard InChI is InChI=1S/C20H21FN8O/c1-11-15(12(2)29-20(24-11)26-19(22)27-29)10-16(30)25-17(18-23-8-9-28(18)3)13-4-6-14(21)7-5-13/h4-9,17H,10H2,1-3H3,(H2,22,27)(H,25,30)/t17-/m0/s1. The van der Waals surface area contributed by atoms with Crippen LogP contribution in [0.4, 0.5) is 10.3 Å². The van der Waals surface area contributed by atoms with E-state index in [0.29, 0.717) is 17.3 Å². The highest BCUT2D eigenvalue weighted by molar-refractivity contribution is 5.80.